The molecule has 4 heterocycles. The first-order valence-electron chi connectivity index (χ1n) is 14.3. The molecule has 3 aliphatic heterocycles. The van der Waals surface area contributed by atoms with Crippen molar-refractivity contribution in [2.24, 2.45) is 17.3 Å². The van der Waals surface area contributed by atoms with Crippen LogP contribution in [0.3, 0.4) is 0 Å². The van der Waals surface area contributed by atoms with Gasteiger partial charge < -0.3 is 9.80 Å². The second kappa shape index (κ2) is 9.72. The molecular weight excluding hydrogens is 531 g/mol. The van der Waals surface area contributed by atoms with Crippen LogP contribution >= 0.6 is 0 Å². The molecule has 7 rings (SSSR count). The van der Waals surface area contributed by atoms with E-state index in [1.807, 2.05) is 11.0 Å². The van der Waals surface area contributed by atoms with Gasteiger partial charge in [0.1, 0.15) is 0 Å². The van der Waals surface area contributed by atoms with Crippen molar-refractivity contribution in [3.8, 4) is 5.69 Å². The van der Waals surface area contributed by atoms with Crippen molar-refractivity contribution < 1.29 is 22.8 Å². The van der Waals surface area contributed by atoms with Crippen LogP contribution < -0.4 is 0 Å². The fraction of sp³-hybridized carbons (Fsp3) is 0.452. The zero-order valence-corrected chi connectivity index (χ0v) is 22.6. The summed E-state index contributed by atoms with van der Waals surface area (Å²) in [4.78, 5) is 33.2. The van der Waals surface area contributed by atoms with Crippen molar-refractivity contribution in [2.75, 3.05) is 32.7 Å². The summed E-state index contributed by atoms with van der Waals surface area (Å²) < 4.78 is 42.7. The molecule has 3 aromatic rings. The summed E-state index contributed by atoms with van der Waals surface area (Å²) in [5.41, 5.74) is -0.398. The summed E-state index contributed by atoms with van der Waals surface area (Å²) in [5, 5.41) is 3.73. The lowest BCUT2D eigenvalue weighted by atomic mass is 9.93. The Labute approximate surface area is 236 Å². The van der Waals surface area contributed by atoms with Gasteiger partial charge in [-0.2, -0.15) is 18.3 Å². The molecule has 1 aromatic heterocycles. The highest BCUT2D eigenvalue weighted by molar-refractivity contribution is 5.96. The van der Waals surface area contributed by atoms with Crippen molar-refractivity contribution in [1.82, 2.24) is 24.5 Å². The van der Waals surface area contributed by atoms with E-state index >= 15 is 0 Å². The Morgan fingerprint density at radius 1 is 0.927 bits per heavy atom. The number of amides is 2. The van der Waals surface area contributed by atoms with Crippen LogP contribution in [0.5, 0.6) is 0 Å². The summed E-state index contributed by atoms with van der Waals surface area (Å²) in [7, 11) is 0. The van der Waals surface area contributed by atoms with E-state index in [0.29, 0.717) is 37.0 Å². The minimum Gasteiger partial charge on any atom is -0.340 e. The van der Waals surface area contributed by atoms with Crippen molar-refractivity contribution in [1.29, 1.82) is 0 Å². The molecule has 3 saturated heterocycles. The highest BCUT2D eigenvalue weighted by Gasteiger charge is 2.64. The van der Waals surface area contributed by atoms with E-state index in [1.165, 1.54) is 16.7 Å². The smallest absolute Gasteiger partial charge is 0.340 e. The number of nitrogens with zero attached hydrogens (tertiary/aromatic N) is 5. The molecule has 2 aromatic carbocycles. The van der Waals surface area contributed by atoms with E-state index < -0.39 is 28.8 Å². The molecule has 2 amide bonds. The average molecular weight is 564 g/mol. The second-order valence-electron chi connectivity index (χ2n) is 12.0. The van der Waals surface area contributed by atoms with Gasteiger partial charge in [0.2, 0.25) is 5.91 Å². The SMILES string of the molecule is O=C(c1cn(-c2ccccc2)nc1C(F)(F)F)N1CCC2(C(=O)N3CC4CCN(Cc5ccccc5)C4C3)CC2C1. The van der Waals surface area contributed by atoms with E-state index in [4.69, 9.17) is 0 Å². The summed E-state index contributed by atoms with van der Waals surface area (Å²) in [6, 6.07) is 19.2. The summed E-state index contributed by atoms with van der Waals surface area (Å²) in [5.74, 6) is -0.0665. The number of fused-ring (bicyclic) bond motifs is 2. The van der Waals surface area contributed by atoms with Gasteiger partial charge in [-0.3, -0.25) is 14.5 Å². The zero-order valence-electron chi connectivity index (χ0n) is 22.6. The van der Waals surface area contributed by atoms with Crippen LogP contribution in [0.25, 0.3) is 5.69 Å². The summed E-state index contributed by atoms with van der Waals surface area (Å²) in [6.07, 6.45) is -1.34. The van der Waals surface area contributed by atoms with Crippen LogP contribution in [0, 0.1) is 17.3 Å². The third-order valence-electron chi connectivity index (χ3n) is 9.63. The Bertz CT molecular complexity index is 1460. The van der Waals surface area contributed by atoms with Gasteiger partial charge in [0, 0.05) is 45.0 Å². The zero-order chi connectivity index (χ0) is 28.4. The van der Waals surface area contributed by atoms with Crippen LogP contribution in [-0.4, -0.2) is 75.1 Å². The molecule has 41 heavy (non-hydrogen) atoms. The number of halogens is 3. The molecule has 10 heteroatoms. The first-order chi connectivity index (χ1) is 19.7. The van der Waals surface area contributed by atoms with Crippen LogP contribution in [0.1, 0.15) is 40.9 Å². The first kappa shape index (κ1) is 26.3. The molecule has 0 radical (unpaired) electrons. The van der Waals surface area contributed by atoms with Crippen molar-refractivity contribution in [3.05, 3.63) is 83.7 Å². The molecule has 0 N–H and O–H groups in total. The molecule has 4 atom stereocenters. The molecule has 0 bridgehead atoms. The minimum absolute atomic E-state index is 0.0212. The molecule has 1 aliphatic carbocycles. The van der Waals surface area contributed by atoms with Gasteiger partial charge in [0.05, 0.1) is 16.7 Å². The third kappa shape index (κ3) is 4.62. The number of hydrogen-bond donors (Lipinski definition) is 0. The van der Waals surface area contributed by atoms with Gasteiger partial charge in [0.25, 0.3) is 5.91 Å². The number of likely N-dealkylation sites (tertiary alicyclic amines) is 3. The normalized spacial score (nSPS) is 27.5. The molecule has 4 fully saturated rings. The van der Waals surface area contributed by atoms with E-state index in [2.05, 4.69) is 34.3 Å². The van der Waals surface area contributed by atoms with Crippen molar-refractivity contribution in [2.45, 2.75) is 38.0 Å². The number of carbonyl (C=O) groups is 2. The number of alkyl halides is 3. The number of aromatic nitrogens is 2. The van der Waals surface area contributed by atoms with E-state index in [0.717, 1.165) is 37.3 Å². The molecule has 1 saturated carbocycles. The maximum Gasteiger partial charge on any atom is 0.435 e. The molecule has 7 nitrogen and oxygen atoms in total. The first-order valence-corrected chi connectivity index (χ1v) is 14.3. The van der Waals surface area contributed by atoms with Crippen LogP contribution in [0.2, 0.25) is 0 Å². The van der Waals surface area contributed by atoms with Crippen molar-refractivity contribution >= 4 is 11.8 Å². The number of rotatable bonds is 5. The fourth-order valence-corrected chi connectivity index (χ4v) is 7.34. The van der Waals surface area contributed by atoms with Gasteiger partial charge in [-0.25, -0.2) is 4.68 Å². The lowest BCUT2D eigenvalue weighted by molar-refractivity contribution is -0.141. The molecule has 214 valence electrons. The van der Waals surface area contributed by atoms with E-state index in [9.17, 15) is 22.8 Å². The van der Waals surface area contributed by atoms with Crippen LogP contribution in [0.4, 0.5) is 13.2 Å². The predicted molar refractivity (Wildman–Crippen MR) is 145 cm³/mol. The third-order valence-corrected chi connectivity index (χ3v) is 9.63. The van der Waals surface area contributed by atoms with Crippen molar-refractivity contribution in [3.63, 3.8) is 0 Å². The maximum absolute atomic E-state index is 13.9. The number of hydrogen-bond acceptors (Lipinski definition) is 4. The van der Waals surface area contributed by atoms with E-state index in [-0.39, 0.29) is 18.4 Å². The molecule has 0 spiro atoms. The fourth-order valence-electron chi connectivity index (χ4n) is 7.34. The van der Waals surface area contributed by atoms with Gasteiger partial charge in [-0.15, -0.1) is 0 Å². The molecule has 4 unspecified atom stereocenters. The predicted octanol–water partition coefficient (Wildman–Crippen LogP) is 4.48. The maximum atomic E-state index is 13.9. The standard InChI is InChI=1S/C31H32F3N5O2/c32-31(33,34)27-25(19-39(35-27)24-9-5-2-6-10-24)28(40)37-14-12-30(15-23(30)18-37)29(41)38-17-22-11-13-36(26(22)20-38)16-21-7-3-1-4-8-21/h1-10,19,22-23,26H,11-18,20H2. The lowest BCUT2D eigenvalue weighted by Gasteiger charge is -2.33. The average Bonchev–Trinajstić information content (AvgIpc) is 3.25. The topological polar surface area (TPSA) is 61.7 Å². The molecule has 4 aliphatic rings. The minimum atomic E-state index is -4.76. The quantitative estimate of drug-likeness (QED) is 0.460. The number of benzene rings is 2. The molecular formula is C31H32F3N5O2. The van der Waals surface area contributed by atoms with Crippen LogP contribution in [-0.2, 0) is 17.5 Å². The lowest BCUT2D eigenvalue weighted by Crippen LogP contribution is -2.46. The summed E-state index contributed by atoms with van der Waals surface area (Å²) in [6.45, 7) is 3.96. The highest BCUT2D eigenvalue weighted by atomic mass is 19.4. The van der Waals surface area contributed by atoms with E-state index in [1.54, 1.807) is 30.3 Å². The van der Waals surface area contributed by atoms with Gasteiger partial charge >= 0.3 is 6.18 Å². The monoisotopic (exact) mass is 563 g/mol. The summed E-state index contributed by atoms with van der Waals surface area (Å²) >= 11 is 0. The van der Waals surface area contributed by atoms with Gasteiger partial charge in [-0.1, -0.05) is 48.5 Å². The van der Waals surface area contributed by atoms with Gasteiger partial charge in [0.15, 0.2) is 5.69 Å². The number of piperidine rings is 1. The number of carbonyl (C=O) groups excluding carboxylic acids is 2. The Balaban J connectivity index is 1.02. The highest BCUT2D eigenvalue weighted by Crippen LogP contribution is 2.59. The Hall–Kier alpha value is -3.66. The second-order valence-corrected chi connectivity index (χ2v) is 12.0. The Kier molecular flexibility index (Phi) is 6.22. The number of para-hydroxylation sites is 1. The Morgan fingerprint density at radius 3 is 2.37 bits per heavy atom. The van der Waals surface area contributed by atoms with Gasteiger partial charge in [-0.05, 0) is 55.3 Å². The largest absolute Gasteiger partial charge is 0.435 e. The Morgan fingerprint density at radius 2 is 1.66 bits per heavy atom. The van der Waals surface area contributed by atoms with Crippen LogP contribution in [0.15, 0.2) is 66.9 Å².